The molecule has 0 bridgehead atoms. The Morgan fingerprint density at radius 2 is 2.03 bits per heavy atom. The lowest BCUT2D eigenvalue weighted by molar-refractivity contribution is -0.111. The van der Waals surface area contributed by atoms with Crippen LogP contribution in [0.5, 0.6) is 11.5 Å². The largest absolute Gasteiger partial charge is 0.492 e. The van der Waals surface area contributed by atoms with Crippen LogP contribution in [-0.2, 0) is 11.4 Å². The first-order valence-corrected chi connectivity index (χ1v) is 12.0. The van der Waals surface area contributed by atoms with Crippen LogP contribution in [0.4, 0.5) is 17.2 Å². The molecule has 0 fully saturated rings. The maximum Gasteiger partial charge on any atom is 0.248 e. The molecular formula is C30H30N6O3. The number of carbonyl (C=O) groups excluding carboxylic acids is 1. The molecular weight excluding hydrogens is 492 g/mol. The van der Waals surface area contributed by atoms with Gasteiger partial charge in [-0.1, -0.05) is 18.1 Å². The standard InChI is InChI=1S/C30H30N6O3/c1-5-21-16-22(12-13-27(21)39-19-23-10-7-8-14-31-23)34-30-24-17-26(35-29(37)11-9-15-36(3)4)28(38-6-2)18-25(24)32-20-33-30/h1,7-14,16-18,20H,6,15,19H2,2-4H3,(H,35,37)(H,32,33,34)/b11-9+/i3D3,4D3. The molecule has 2 aromatic carbocycles. The topological polar surface area (TPSA) is 102 Å². The molecule has 198 valence electrons. The molecule has 2 N–H and O–H groups in total. The minimum absolute atomic E-state index is 0.252. The number of hydrogen-bond acceptors (Lipinski definition) is 8. The van der Waals surface area contributed by atoms with Gasteiger partial charge < -0.3 is 25.0 Å². The summed E-state index contributed by atoms with van der Waals surface area (Å²) in [5.41, 5.74) is 2.73. The number of hydrogen-bond donors (Lipinski definition) is 2. The summed E-state index contributed by atoms with van der Waals surface area (Å²) in [6, 6.07) is 14.1. The number of amides is 1. The maximum absolute atomic E-state index is 12.8. The van der Waals surface area contributed by atoms with E-state index in [0.717, 1.165) is 11.8 Å². The summed E-state index contributed by atoms with van der Waals surface area (Å²) in [6.45, 7) is -3.90. The number of fused-ring (bicyclic) bond motifs is 1. The molecule has 9 nitrogen and oxygen atoms in total. The highest BCUT2D eigenvalue weighted by molar-refractivity contribution is 6.03. The van der Waals surface area contributed by atoms with Crippen LogP contribution in [0.2, 0.25) is 0 Å². The second kappa shape index (κ2) is 13.0. The van der Waals surface area contributed by atoms with Gasteiger partial charge in [-0.25, -0.2) is 9.97 Å². The lowest BCUT2D eigenvalue weighted by Crippen LogP contribution is -2.13. The molecule has 0 unspecified atom stereocenters. The average Bonchev–Trinajstić information content (AvgIpc) is 2.98. The number of likely N-dealkylation sites (N-methyl/N-ethyl adjacent to an activating group) is 1. The zero-order valence-electron chi connectivity index (χ0n) is 27.1. The van der Waals surface area contributed by atoms with E-state index < -0.39 is 26.4 Å². The number of terminal acetylenes is 1. The number of anilines is 3. The fourth-order valence-corrected chi connectivity index (χ4v) is 3.61. The van der Waals surface area contributed by atoms with E-state index in [1.807, 2.05) is 18.2 Å². The van der Waals surface area contributed by atoms with Crippen molar-refractivity contribution in [3.8, 4) is 23.8 Å². The summed E-state index contributed by atoms with van der Waals surface area (Å²) in [6.07, 6.45) is 11.1. The molecule has 0 atom stereocenters. The molecule has 2 aromatic heterocycles. The lowest BCUT2D eigenvalue weighted by Gasteiger charge is -2.15. The highest BCUT2D eigenvalue weighted by Gasteiger charge is 2.14. The molecule has 0 spiro atoms. The number of aromatic nitrogens is 3. The molecule has 9 heteroatoms. The van der Waals surface area contributed by atoms with Crippen molar-refractivity contribution in [2.45, 2.75) is 13.5 Å². The van der Waals surface area contributed by atoms with Crippen LogP contribution in [-0.4, -0.2) is 52.9 Å². The Hall–Kier alpha value is -4.94. The van der Waals surface area contributed by atoms with Gasteiger partial charge >= 0.3 is 0 Å². The summed E-state index contributed by atoms with van der Waals surface area (Å²) in [5, 5.41) is 6.49. The van der Waals surface area contributed by atoms with E-state index in [2.05, 4.69) is 31.5 Å². The Morgan fingerprint density at radius 3 is 2.79 bits per heavy atom. The Morgan fingerprint density at radius 1 is 1.13 bits per heavy atom. The average molecular weight is 529 g/mol. The number of nitrogens with zero attached hydrogens (tertiary/aromatic N) is 4. The minimum Gasteiger partial charge on any atom is -0.492 e. The molecule has 0 aliphatic carbocycles. The van der Waals surface area contributed by atoms with Gasteiger partial charge in [0.2, 0.25) is 5.91 Å². The third-order valence-corrected chi connectivity index (χ3v) is 5.35. The molecule has 4 rings (SSSR count). The van der Waals surface area contributed by atoms with Crippen molar-refractivity contribution >= 4 is 34.0 Å². The van der Waals surface area contributed by atoms with Gasteiger partial charge in [0.25, 0.3) is 0 Å². The van der Waals surface area contributed by atoms with Crippen molar-refractivity contribution in [3.05, 3.63) is 84.5 Å². The number of rotatable bonds is 11. The third kappa shape index (κ3) is 7.31. The quantitative estimate of drug-likeness (QED) is 0.212. The molecule has 39 heavy (non-hydrogen) atoms. The molecule has 0 aliphatic rings. The number of carbonyl (C=O) groups is 1. The van der Waals surface area contributed by atoms with Gasteiger partial charge in [0.15, 0.2) is 0 Å². The SMILES string of the molecule is [2H]C([2H])([2H])N(C/C=C/C(=O)Nc1cc2c(Nc3ccc(OCc4ccccn4)c(C#C)c3)ncnc2cc1OCC)C([2H])([2H])[2H]. The molecule has 1 amide bonds. The molecule has 2 heterocycles. The van der Waals surface area contributed by atoms with Gasteiger partial charge in [-0.05, 0) is 57.3 Å². The maximum atomic E-state index is 12.8. The van der Waals surface area contributed by atoms with Crippen LogP contribution in [0.25, 0.3) is 10.9 Å². The number of benzene rings is 2. The smallest absolute Gasteiger partial charge is 0.248 e. The van der Waals surface area contributed by atoms with E-state index in [4.69, 9.17) is 24.1 Å². The van der Waals surface area contributed by atoms with Crippen molar-refractivity contribution in [1.82, 2.24) is 19.9 Å². The van der Waals surface area contributed by atoms with E-state index in [9.17, 15) is 4.79 Å². The van der Waals surface area contributed by atoms with Crippen LogP contribution in [0.15, 0.2) is 73.2 Å². The monoisotopic (exact) mass is 528 g/mol. The van der Waals surface area contributed by atoms with Gasteiger partial charge in [0.1, 0.15) is 30.3 Å². The zero-order chi connectivity index (χ0) is 32.6. The van der Waals surface area contributed by atoms with E-state index >= 15 is 0 Å². The van der Waals surface area contributed by atoms with E-state index in [1.54, 1.807) is 43.5 Å². The predicted molar refractivity (Wildman–Crippen MR) is 153 cm³/mol. The molecule has 4 aromatic rings. The molecule has 0 aliphatic heterocycles. The fourth-order valence-electron chi connectivity index (χ4n) is 3.61. The molecule has 0 radical (unpaired) electrons. The van der Waals surface area contributed by atoms with Gasteiger partial charge in [0, 0.05) is 44.2 Å². The third-order valence-electron chi connectivity index (χ3n) is 5.35. The van der Waals surface area contributed by atoms with E-state index in [1.165, 1.54) is 12.4 Å². The van der Waals surface area contributed by atoms with Gasteiger partial charge in [-0.15, -0.1) is 6.42 Å². The van der Waals surface area contributed by atoms with Gasteiger partial charge in [0.05, 0.1) is 29.1 Å². The summed E-state index contributed by atoms with van der Waals surface area (Å²) in [5.74, 6) is 3.28. The summed E-state index contributed by atoms with van der Waals surface area (Å²) >= 11 is 0. The molecule has 0 saturated carbocycles. The first-order chi connectivity index (χ1) is 21.4. The number of nitrogens with one attached hydrogen (secondary N) is 2. The summed E-state index contributed by atoms with van der Waals surface area (Å²) in [7, 11) is 0. The zero-order valence-corrected chi connectivity index (χ0v) is 21.1. The van der Waals surface area contributed by atoms with E-state index in [0.29, 0.717) is 56.7 Å². The van der Waals surface area contributed by atoms with Crippen molar-refractivity contribution < 1.29 is 22.5 Å². The highest BCUT2D eigenvalue weighted by Crippen LogP contribution is 2.34. The highest BCUT2D eigenvalue weighted by atomic mass is 16.5. The Bertz CT molecular complexity index is 1710. The van der Waals surface area contributed by atoms with Crippen molar-refractivity contribution in [2.75, 3.05) is 37.7 Å². The van der Waals surface area contributed by atoms with Crippen molar-refractivity contribution in [2.24, 2.45) is 0 Å². The van der Waals surface area contributed by atoms with Crippen LogP contribution >= 0.6 is 0 Å². The summed E-state index contributed by atoms with van der Waals surface area (Å²) < 4.78 is 56.3. The van der Waals surface area contributed by atoms with Crippen LogP contribution in [0, 0.1) is 12.3 Å². The van der Waals surface area contributed by atoms with Crippen molar-refractivity contribution in [3.63, 3.8) is 0 Å². The minimum atomic E-state index is -2.87. The van der Waals surface area contributed by atoms with Gasteiger partial charge in [-0.2, -0.15) is 0 Å². The number of pyridine rings is 1. The van der Waals surface area contributed by atoms with E-state index in [-0.39, 0.29) is 6.61 Å². The second-order valence-corrected chi connectivity index (χ2v) is 8.11. The summed E-state index contributed by atoms with van der Waals surface area (Å²) in [4.78, 5) is 26.1. The van der Waals surface area contributed by atoms with Crippen LogP contribution < -0.4 is 20.1 Å². The first kappa shape index (κ1) is 20.1. The first-order valence-electron chi connectivity index (χ1n) is 15.0. The second-order valence-electron chi connectivity index (χ2n) is 8.11. The molecule has 0 saturated heterocycles. The predicted octanol–water partition coefficient (Wildman–Crippen LogP) is 4.78. The van der Waals surface area contributed by atoms with Gasteiger partial charge in [-0.3, -0.25) is 9.78 Å². The normalized spacial score (nSPS) is 13.9. The number of ether oxygens (including phenoxy) is 2. The Kier molecular flexibility index (Phi) is 6.71. The van der Waals surface area contributed by atoms with Crippen LogP contribution in [0.3, 0.4) is 0 Å². The van der Waals surface area contributed by atoms with Crippen molar-refractivity contribution in [1.29, 1.82) is 0 Å². The fraction of sp³-hybridized carbons (Fsp3) is 0.200. The van der Waals surface area contributed by atoms with Crippen LogP contribution in [0.1, 0.15) is 26.4 Å². The Balaban J connectivity index is 1.56. The Labute approximate surface area is 236 Å². The lowest BCUT2D eigenvalue weighted by atomic mass is 10.1.